The number of aromatic nitrogens is 1. The zero-order valence-corrected chi connectivity index (χ0v) is 13.9. The van der Waals surface area contributed by atoms with Gasteiger partial charge in [-0.25, -0.2) is 0 Å². The van der Waals surface area contributed by atoms with Crippen molar-refractivity contribution in [2.45, 2.75) is 0 Å². The molecule has 0 spiro atoms. The minimum absolute atomic E-state index is 0.579. The van der Waals surface area contributed by atoms with Gasteiger partial charge in [-0.3, -0.25) is 9.88 Å². The molecule has 0 saturated carbocycles. The number of hydrogen-bond acceptors (Lipinski definition) is 5. The van der Waals surface area contributed by atoms with Crippen molar-refractivity contribution < 1.29 is 9.47 Å². The Morgan fingerprint density at radius 1 is 1.08 bits per heavy atom. The first-order valence-electron chi connectivity index (χ1n) is 8.48. The summed E-state index contributed by atoms with van der Waals surface area (Å²) in [5, 5.41) is 12.2. The van der Waals surface area contributed by atoms with Crippen molar-refractivity contribution in [3.05, 3.63) is 48.2 Å². The van der Waals surface area contributed by atoms with Crippen molar-refractivity contribution in [1.29, 1.82) is 5.26 Å². The Balaban J connectivity index is 1.51. The molecule has 0 unspecified atom stereocenters. The van der Waals surface area contributed by atoms with E-state index in [2.05, 4.69) is 28.1 Å². The number of rotatable bonds is 4. The van der Waals surface area contributed by atoms with Crippen LogP contribution < -0.4 is 4.74 Å². The van der Waals surface area contributed by atoms with Crippen LogP contribution in [0.25, 0.3) is 21.7 Å². The number of nitriles is 1. The average Bonchev–Trinajstić information content (AvgIpc) is 2.66. The number of benzene rings is 2. The Morgan fingerprint density at radius 3 is 2.80 bits per heavy atom. The van der Waals surface area contributed by atoms with E-state index in [0.717, 1.165) is 60.3 Å². The second kappa shape index (κ2) is 7.06. The summed E-state index contributed by atoms with van der Waals surface area (Å²) in [4.78, 5) is 6.73. The van der Waals surface area contributed by atoms with E-state index in [0.29, 0.717) is 12.2 Å². The van der Waals surface area contributed by atoms with Gasteiger partial charge in [0.2, 0.25) is 0 Å². The quantitative estimate of drug-likeness (QED) is 0.687. The summed E-state index contributed by atoms with van der Waals surface area (Å²) in [6.45, 7) is 5.15. The van der Waals surface area contributed by atoms with Gasteiger partial charge in [-0.2, -0.15) is 5.26 Å². The fraction of sp³-hybridized carbons (Fsp3) is 0.300. The number of fused-ring (bicyclic) bond motifs is 2. The molecule has 0 atom stereocenters. The molecule has 1 aliphatic heterocycles. The molecule has 0 amide bonds. The molecule has 126 valence electrons. The van der Waals surface area contributed by atoms with Gasteiger partial charge in [0, 0.05) is 31.2 Å². The highest BCUT2D eigenvalue weighted by Crippen LogP contribution is 2.26. The Bertz CT molecular complexity index is 943. The summed E-state index contributed by atoms with van der Waals surface area (Å²) in [6, 6.07) is 14.2. The second-order valence-electron chi connectivity index (χ2n) is 6.19. The highest BCUT2D eigenvalue weighted by molar-refractivity contribution is 5.97. The maximum absolute atomic E-state index is 9.01. The molecule has 2 aromatic carbocycles. The zero-order valence-electron chi connectivity index (χ0n) is 13.9. The van der Waals surface area contributed by atoms with Gasteiger partial charge in [-0.15, -0.1) is 0 Å². The van der Waals surface area contributed by atoms with Crippen LogP contribution in [-0.2, 0) is 4.74 Å². The molecule has 1 saturated heterocycles. The number of hydrogen-bond donors (Lipinski definition) is 0. The Labute approximate surface area is 146 Å². The molecule has 2 heterocycles. The molecule has 5 heteroatoms. The first-order valence-corrected chi connectivity index (χ1v) is 8.48. The van der Waals surface area contributed by atoms with E-state index < -0.39 is 0 Å². The van der Waals surface area contributed by atoms with Crippen LogP contribution >= 0.6 is 0 Å². The van der Waals surface area contributed by atoms with Gasteiger partial charge in [0.15, 0.2) is 0 Å². The Hall–Kier alpha value is -2.68. The monoisotopic (exact) mass is 333 g/mol. The topological polar surface area (TPSA) is 58.4 Å². The third-order valence-electron chi connectivity index (χ3n) is 4.52. The summed E-state index contributed by atoms with van der Waals surface area (Å²) in [5.41, 5.74) is 1.46. The smallest absolute Gasteiger partial charge is 0.120 e. The lowest BCUT2D eigenvalue weighted by molar-refractivity contribution is 0.0322. The summed E-state index contributed by atoms with van der Waals surface area (Å²) >= 11 is 0. The van der Waals surface area contributed by atoms with Crippen molar-refractivity contribution in [2.75, 3.05) is 39.5 Å². The van der Waals surface area contributed by atoms with Crippen LogP contribution in [0.5, 0.6) is 5.75 Å². The molecule has 1 aliphatic rings. The minimum atomic E-state index is 0.579. The van der Waals surface area contributed by atoms with Gasteiger partial charge >= 0.3 is 0 Å². The normalized spacial score (nSPS) is 15.3. The second-order valence-corrected chi connectivity index (χ2v) is 6.19. The van der Waals surface area contributed by atoms with E-state index in [1.54, 1.807) is 6.20 Å². The maximum atomic E-state index is 9.01. The lowest BCUT2D eigenvalue weighted by atomic mass is 10.1. The third kappa shape index (κ3) is 3.55. The molecule has 4 rings (SSSR count). The van der Waals surface area contributed by atoms with E-state index in [1.807, 2.05) is 24.3 Å². The van der Waals surface area contributed by atoms with E-state index in [-0.39, 0.29) is 0 Å². The van der Waals surface area contributed by atoms with Crippen LogP contribution in [-0.4, -0.2) is 49.3 Å². The zero-order chi connectivity index (χ0) is 17.1. The van der Waals surface area contributed by atoms with Crippen LogP contribution in [0.1, 0.15) is 5.56 Å². The molecule has 0 radical (unpaired) electrons. The molecule has 3 aromatic rings. The van der Waals surface area contributed by atoms with Crippen molar-refractivity contribution in [2.24, 2.45) is 0 Å². The number of pyridine rings is 1. The van der Waals surface area contributed by atoms with Gasteiger partial charge in [-0.05, 0) is 41.1 Å². The lowest BCUT2D eigenvalue weighted by Crippen LogP contribution is -2.38. The van der Waals surface area contributed by atoms with Crippen LogP contribution in [0.2, 0.25) is 0 Å². The molecular formula is C20H19N3O2. The lowest BCUT2D eigenvalue weighted by Gasteiger charge is -2.26. The van der Waals surface area contributed by atoms with E-state index in [1.165, 1.54) is 0 Å². The molecule has 1 aromatic heterocycles. The van der Waals surface area contributed by atoms with Crippen LogP contribution in [0.15, 0.2) is 42.6 Å². The predicted molar refractivity (Wildman–Crippen MR) is 96.7 cm³/mol. The predicted octanol–water partition coefficient (Wildman–Crippen LogP) is 2.97. The molecular weight excluding hydrogens is 314 g/mol. The number of ether oxygens (including phenoxy) is 2. The highest BCUT2D eigenvalue weighted by atomic mass is 16.5. The summed E-state index contributed by atoms with van der Waals surface area (Å²) in [5.74, 6) is 0.869. The fourth-order valence-electron chi connectivity index (χ4n) is 3.12. The molecule has 0 N–H and O–H groups in total. The largest absolute Gasteiger partial charge is 0.492 e. The van der Waals surface area contributed by atoms with Crippen molar-refractivity contribution in [3.63, 3.8) is 0 Å². The first-order chi connectivity index (χ1) is 12.3. The van der Waals surface area contributed by atoms with Crippen LogP contribution in [0.4, 0.5) is 0 Å². The van der Waals surface area contributed by atoms with Gasteiger partial charge in [0.1, 0.15) is 18.4 Å². The van der Waals surface area contributed by atoms with Gasteiger partial charge < -0.3 is 9.47 Å². The van der Waals surface area contributed by atoms with Crippen molar-refractivity contribution >= 4 is 21.7 Å². The van der Waals surface area contributed by atoms with Crippen LogP contribution in [0.3, 0.4) is 0 Å². The number of morpholine rings is 1. The minimum Gasteiger partial charge on any atom is -0.492 e. The van der Waals surface area contributed by atoms with Gasteiger partial charge in [-0.1, -0.05) is 6.07 Å². The molecule has 1 fully saturated rings. The van der Waals surface area contributed by atoms with Crippen LogP contribution in [0, 0.1) is 11.3 Å². The molecule has 0 bridgehead atoms. The van der Waals surface area contributed by atoms with Gasteiger partial charge in [0.05, 0.1) is 24.3 Å². The molecule has 5 nitrogen and oxygen atoms in total. The standard InChI is InChI=1S/C20H19N3O2/c21-13-15-9-18-10-16-1-2-19(11-17(16)12-20(18)22-14-15)25-8-5-23-3-6-24-7-4-23/h1-2,9-12,14H,3-8H2. The van der Waals surface area contributed by atoms with Crippen molar-refractivity contribution in [3.8, 4) is 11.8 Å². The van der Waals surface area contributed by atoms with Gasteiger partial charge in [0.25, 0.3) is 0 Å². The average molecular weight is 333 g/mol. The van der Waals surface area contributed by atoms with Crippen molar-refractivity contribution in [1.82, 2.24) is 9.88 Å². The summed E-state index contributed by atoms with van der Waals surface area (Å²) in [7, 11) is 0. The first kappa shape index (κ1) is 15.8. The summed E-state index contributed by atoms with van der Waals surface area (Å²) in [6.07, 6.45) is 1.61. The van der Waals surface area contributed by atoms with E-state index >= 15 is 0 Å². The van der Waals surface area contributed by atoms with E-state index in [9.17, 15) is 0 Å². The Kier molecular flexibility index (Phi) is 4.47. The fourth-order valence-corrected chi connectivity index (χ4v) is 3.12. The highest BCUT2D eigenvalue weighted by Gasteiger charge is 2.10. The SMILES string of the molecule is N#Cc1cnc2cc3cc(OCCN4CCOCC4)ccc3cc2c1. The molecule has 25 heavy (non-hydrogen) atoms. The van der Waals surface area contributed by atoms with E-state index in [4.69, 9.17) is 14.7 Å². The summed E-state index contributed by atoms with van der Waals surface area (Å²) < 4.78 is 11.3. The maximum Gasteiger partial charge on any atom is 0.120 e. The number of nitrogens with zero attached hydrogens (tertiary/aromatic N) is 3. The molecule has 0 aliphatic carbocycles. The third-order valence-corrected chi connectivity index (χ3v) is 4.52. The Morgan fingerprint density at radius 2 is 1.96 bits per heavy atom.